The van der Waals surface area contributed by atoms with E-state index < -0.39 is 0 Å². The number of anilines is 1. The van der Waals surface area contributed by atoms with Crippen LogP contribution in [0.25, 0.3) is 10.8 Å². The van der Waals surface area contributed by atoms with Crippen molar-refractivity contribution in [3.63, 3.8) is 0 Å². The van der Waals surface area contributed by atoms with E-state index in [4.69, 9.17) is 4.52 Å². The van der Waals surface area contributed by atoms with Crippen LogP contribution in [0.1, 0.15) is 30.5 Å². The first kappa shape index (κ1) is 16.7. The number of amides is 1. The van der Waals surface area contributed by atoms with E-state index in [2.05, 4.69) is 20.4 Å². The van der Waals surface area contributed by atoms with E-state index in [1.54, 1.807) is 0 Å². The van der Waals surface area contributed by atoms with Gasteiger partial charge in [-0.1, -0.05) is 41.6 Å². The van der Waals surface area contributed by atoms with Crippen molar-refractivity contribution in [3.8, 4) is 0 Å². The van der Waals surface area contributed by atoms with Crippen molar-refractivity contribution in [1.29, 1.82) is 0 Å². The number of rotatable bonds is 4. The van der Waals surface area contributed by atoms with Crippen LogP contribution in [0.2, 0.25) is 0 Å². The Labute approximate surface area is 152 Å². The van der Waals surface area contributed by atoms with Crippen LogP contribution in [-0.4, -0.2) is 40.6 Å². The molecule has 1 fully saturated rings. The van der Waals surface area contributed by atoms with Crippen molar-refractivity contribution in [1.82, 2.24) is 15.0 Å². The Morgan fingerprint density at radius 2 is 2.12 bits per heavy atom. The van der Waals surface area contributed by atoms with E-state index >= 15 is 0 Å². The lowest BCUT2D eigenvalue weighted by atomic mass is 9.98. The molecule has 0 spiro atoms. The summed E-state index contributed by atoms with van der Waals surface area (Å²) in [5, 5.41) is 9.11. The molecule has 1 unspecified atom stereocenters. The standard InChI is InChI=1S/C20H22N4O2/c1-14-21-20(26-23-14)16-8-5-11-24(12-16)13-19(25)22-18-10-4-7-15-6-2-3-9-17(15)18/h2-4,6-7,9-10,16H,5,8,11-13H2,1H3,(H,22,25). The van der Waals surface area contributed by atoms with Gasteiger partial charge in [-0.05, 0) is 37.8 Å². The summed E-state index contributed by atoms with van der Waals surface area (Å²) >= 11 is 0. The fourth-order valence-electron chi connectivity index (χ4n) is 3.61. The van der Waals surface area contributed by atoms with E-state index in [0.29, 0.717) is 18.3 Å². The normalized spacial score (nSPS) is 18.1. The number of likely N-dealkylation sites (tertiary alicyclic amines) is 1. The quantitative estimate of drug-likeness (QED) is 0.781. The fourth-order valence-corrected chi connectivity index (χ4v) is 3.61. The first-order valence-electron chi connectivity index (χ1n) is 8.99. The number of fused-ring (bicyclic) bond motifs is 1. The maximum Gasteiger partial charge on any atom is 0.238 e. The van der Waals surface area contributed by atoms with Gasteiger partial charge in [-0.3, -0.25) is 9.69 Å². The number of carbonyl (C=O) groups is 1. The maximum atomic E-state index is 12.6. The van der Waals surface area contributed by atoms with E-state index in [1.807, 2.05) is 49.4 Å². The van der Waals surface area contributed by atoms with E-state index in [9.17, 15) is 4.79 Å². The second-order valence-corrected chi connectivity index (χ2v) is 6.83. The fraction of sp³-hybridized carbons (Fsp3) is 0.350. The van der Waals surface area contributed by atoms with E-state index in [1.165, 1.54) is 0 Å². The zero-order valence-corrected chi connectivity index (χ0v) is 14.8. The number of aromatic nitrogens is 2. The number of aryl methyl sites for hydroxylation is 1. The van der Waals surface area contributed by atoms with Crippen LogP contribution in [0.5, 0.6) is 0 Å². The van der Waals surface area contributed by atoms with Crippen LogP contribution in [0, 0.1) is 6.92 Å². The van der Waals surface area contributed by atoms with Gasteiger partial charge in [0.1, 0.15) is 0 Å². The minimum Gasteiger partial charge on any atom is -0.339 e. The van der Waals surface area contributed by atoms with Crippen molar-refractivity contribution >= 4 is 22.4 Å². The Balaban J connectivity index is 1.41. The number of hydrogen-bond acceptors (Lipinski definition) is 5. The summed E-state index contributed by atoms with van der Waals surface area (Å²) in [5.74, 6) is 1.55. The number of piperidine rings is 1. The number of carbonyl (C=O) groups excluding carboxylic acids is 1. The zero-order chi connectivity index (χ0) is 17.9. The van der Waals surface area contributed by atoms with Crippen LogP contribution >= 0.6 is 0 Å². The molecule has 0 saturated carbocycles. The lowest BCUT2D eigenvalue weighted by Crippen LogP contribution is -2.39. The van der Waals surface area contributed by atoms with Gasteiger partial charge in [0.25, 0.3) is 0 Å². The molecule has 1 N–H and O–H groups in total. The molecule has 2 heterocycles. The number of nitrogens with zero attached hydrogens (tertiary/aromatic N) is 3. The van der Waals surface area contributed by atoms with Crippen LogP contribution in [0.15, 0.2) is 47.0 Å². The Kier molecular flexibility index (Phi) is 4.67. The summed E-state index contributed by atoms with van der Waals surface area (Å²) in [6.45, 7) is 3.87. The smallest absolute Gasteiger partial charge is 0.238 e. The van der Waals surface area contributed by atoms with Gasteiger partial charge in [-0.25, -0.2) is 0 Å². The second-order valence-electron chi connectivity index (χ2n) is 6.83. The summed E-state index contributed by atoms with van der Waals surface area (Å²) in [4.78, 5) is 19.1. The maximum absolute atomic E-state index is 12.6. The van der Waals surface area contributed by atoms with Crippen LogP contribution < -0.4 is 5.32 Å². The molecule has 1 atom stereocenters. The molecule has 1 aliphatic rings. The highest BCUT2D eigenvalue weighted by atomic mass is 16.5. The van der Waals surface area contributed by atoms with Crippen LogP contribution in [0.3, 0.4) is 0 Å². The van der Waals surface area contributed by atoms with Crippen molar-refractivity contribution in [2.75, 3.05) is 25.0 Å². The van der Waals surface area contributed by atoms with Gasteiger partial charge >= 0.3 is 0 Å². The van der Waals surface area contributed by atoms with E-state index in [-0.39, 0.29) is 11.8 Å². The molecule has 1 amide bonds. The minimum absolute atomic E-state index is 0.00344. The molecule has 6 heteroatoms. The molecule has 4 rings (SSSR count). The highest BCUT2D eigenvalue weighted by Gasteiger charge is 2.26. The third-order valence-corrected chi connectivity index (χ3v) is 4.83. The van der Waals surface area contributed by atoms with Crippen molar-refractivity contribution in [2.45, 2.75) is 25.7 Å². The highest BCUT2D eigenvalue weighted by molar-refractivity contribution is 6.02. The number of nitrogens with one attached hydrogen (secondary N) is 1. The minimum atomic E-state index is 0.00344. The van der Waals surface area contributed by atoms with Crippen molar-refractivity contribution in [2.24, 2.45) is 0 Å². The van der Waals surface area contributed by atoms with E-state index in [0.717, 1.165) is 42.4 Å². The van der Waals surface area contributed by atoms with Gasteiger partial charge < -0.3 is 9.84 Å². The molecule has 0 bridgehead atoms. The largest absolute Gasteiger partial charge is 0.339 e. The van der Waals surface area contributed by atoms with Crippen LogP contribution in [-0.2, 0) is 4.79 Å². The van der Waals surface area contributed by atoms with Crippen LogP contribution in [0.4, 0.5) is 5.69 Å². The molecule has 0 radical (unpaired) electrons. The van der Waals surface area contributed by atoms with Crippen molar-refractivity contribution < 1.29 is 9.32 Å². The average molecular weight is 350 g/mol. The third-order valence-electron chi connectivity index (χ3n) is 4.83. The van der Waals surface area contributed by atoms with Gasteiger partial charge in [0.15, 0.2) is 5.82 Å². The summed E-state index contributed by atoms with van der Waals surface area (Å²) < 4.78 is 5.31. The Morgan fingerprint density at radius 1 is 1.27 bits per heavy atom. The van der Waals surface area contributed by atoms with Gasteiger partial charge in [-0.2, -0.15) is 4.98 Å². The summed E-state index contributed by atoms with van der Waals surface area (Å²) in [6.07, 6.45) is 2.04. The molecule has 1 aliphatic heterocycles. The summed E-state index contributed by atoms with van der Waals surface area (Å²) in [6, 6.07) is 14.0. The highest BCUT2D eigenvalue weighted by Crippen LogP contribution is 2.26. The molecule has 134 valence electrons. The molecular weight excluding hydrogens is 328 g/mol. The Bertz CT molecular complexity index is 916. The molecule has 26 heavy (non-hydrogen) atoms. The molecule has 6 nitrogen and oxygen atoms in total. The topological polar surface area (TPSA) is 71.3 Å². The first-order chi connectivity index (χ1) is 12.7. The second kappa shape index (κ2) is 7.25. The molecule has 1 aromatic heterocycles. The van der Waals surface area contributed by atoms with Gasteiger partial charge in [0.2, 0.25) is 11.8 Å². The zero-order valence-electron chi connectivity index (χ0n) is 14.8. The summed E-state index contributed by atoms with van der Waals surface area (Å²) in [5.41, 5.74) is 0.856. The lowest BCUT2D eigenvalue weighted by molar-refractivity contribution is -0.117. The monoisotopic (exact) mass is 350 g/mol. The predicted octanol–water partition coefficient (Wildman–Crippen LogP) is 3.35. The van der Waals surface area contributed by atoms with Gasteiger partial charge in [0, 0.05) is 17.6 Å². The molecule has 2 aromatic carbocycles. The lowest BCUT2D eigenvalue weighted by Gasteiger charge is -2.30. The van der Waals surface area contributed by atoms with Gasteiger partial charge in [-0.15, -0.1) is 0 Å². The third kappa shape index (κ3) is 3.60. The summed E-state index contributed by atoms with van der Waals surface area (Å²) in [7, 11) is 0. The van der Waals surface area contributed by atoms with Crippen molar-refractivity contribution in [3.05, 3.63) is 54.2 Å². The average Bonchev–Trinajstić information content (AvgIpc) is 3.09. The molecular formula is C20H22N4O2. The molecule has 1 saturated heterocycles. The number of benzene rings is 2. The first-order valence-corrected chi connectivity index (χ1v) is 8.99. The SMILES string of the molecule is Cc1noc(C2CCCN(CC(=O)Nc3cccc4ccccc34)C2)n1. The molecule has 3 aromatic rings. The predicted molar refractivity (Wildman–Crippen MR) is 100 cm³/mol. The molecule has 0 aliphatic carbocycles. The Morgan fingerprint density at radius 3 is 2.96 bits per heavy atom. The Hall–Kier alpha value is -2.73. The van der Waals surface area contributed by atoms with Gasteiger partial charge in [0.05, 0.1) is 12.5 Å². The number of hydrogen-bond donors (Lipinski definition) is 1.